The van der Waals surface area contributed by atoms with Crippen molar-refractivity contribution in [2.75, 3.05) is 6.61 Å². The maximum absolute atomic E-state index is 9.76. The van der Waals surface area contributed by atoms with Gasteiger partial charge in [0, 0.05) is 4.91 Å². The Hall–Kier alpha value is -0.930. The van der Waals surface area contributed by atoms with Gasteiger partial charge in [-0.05, 0) is 12.5 Å². The van der Waals surface area contributed by atoms with E-state index in [1.54, 1.807) is 0 Å². The summed E-state index contributed by atoms with van der Waals surface area (Å²) in [4.78, 5) is 2.26. The molecule has 1 unspecified atom stereocenters. The fraction of sp³-hybridized carbons (Fsp3) is 1.00. The molecule has 1 heterocycles. The summed E-state index contributed by atoms with van der Waals surface area (Å²) in [5, 5.41) is 50.1. The van der Waals surface area contributed by atoms with Gasteiger partial charge in [0.1, 0.15) is 18.3 Å². The van der Waals surface area contributed by atoms with Crippen molar-refractivity contribution in [1.82, 2.24) is 0 Å². The van der Waals surface area contributed by atoms with Gasteiger partial charge in [0.15, 0.2) is 0 Å². The Labute approximate surface area is 90.1 Å². The summed E-state index contributed by atoms with van der Waals surface area (Å²) >= 11 is 0. The van der Waals surface area contributed by atoms with Crippen LogP contribution < -0.4 is 0 Å². The molecule has 0 aliphatic carbocycles. The first kappa shape index (κ1) is 13.1. The number of hydrogen-bond acceptors (Lipinski definition) is 7. The predicted molar refractivity (Wildman–Crippen MR) is 48.7 cm³/mol. The molecule has 0 spiro atoms. The summed E-state index contributed by atoms with van der Waals surface area (Å²) in [6, 6.07) is 0. The van der Waals surface area contributed by atoms with Crippen LogP contribution in [0, 0.1) is 0 Å². The molecule has 0 amide bonds. The van der Waals surface area contributed by atoms with Crippen LogP contribution in [0.5, 0.6) is 0 Å². The molecule has 5 N–H and O–H groups in total. The highest BCUT2D eigenvalue weighted by Gasteiger charge is 2.61. The highest BCUT2D eigenvalue weighted by molar-refractivity contribution is 5.04. The molecular formula is C7H13N3O6. The maximum atomic E-state index is 9.76. The third-order valence-corrected chi connectivity index (χ3v) is 2.56. The fourth-order valence-electron chi connectivity index (χ4n) is 1.53. The minimum atomic E-state index is -2.73. The largest absolute Gasteiger partial charge is 0.394 e. The van der Waals surface area contributed by atoms with Gasteiger partial charge in [-0.25, -0.2) is 0 Å². The zero-order valence-corrected chi connectivity index (χ0v) is 8.43. The first-order chi connectivity index (χ1) is 7.30. The van der Waals surface area contributed by atoms with E-state index in [1.165, 1.54) is 0 Å². The second-order valence-electron chi connectivity index (χ2n) is 3.67. The molecule has 0 aromatic carbocycles. The fourth-order valence-corrected chi connectivity index (χ4v) is 1.53. The van der Waals surface area contributed by atoms with Gasteiger partial charge < -0.3 is 30.3 Å². The predicted octanol–water partition coefficient (Wildman–Crippen LogP) is -2.19. The third-order valence-electron chi connectivity index (χ3n) is 2.56. The molecule has 1 aliphatic heterocycles. The van der Waals surface area contributed by atoms with Crippen LogP contribution in [0.2, 0.25) is 0 Å². The Morgan fingerprint density at radius 3 is 2.44 bits per heavy atom. The Balaban J connectivity index is 3.15. The number of azide groups is 1. The quantitative estimate of drug-likeness (QED) is 0.207. The normalized spacial score (nSPS) is 48.5. The second kappa shape index (κ2) is 4.15. The van der Waals surface area contributed by atoms with Crippen molar-refractivity contribution in [3.63, 3.8) is 0 Å². The molecule has 9 nitrogen and oxygen atoms in total. The molecule has 1 saturated heterocycles. The number of hydrogen-bond donors (Lipinski definition) is 5. The molecule has 0 aromatic heterocycles. The topological polar surface area (TPSA) is 159 Å². The van der Waals surface area contributed by atoms with E-state index < -0.39 is 36.4 Å². The highest BCUT2D eigenvalue weighted by Crippen LogP contribution is 2.37. The van der Waals surface area contributed by atoms with Gasteiger partial charge in [0.05, 0.1) is 6.61 Å². The van der Waals surface area contributed by atoms with Gasteiger partial charge in [0.2, 0.25) is 11.5 Å². The summed E-state index contributed by atoms with van der Waals surface area (Å²) in [5.74, 6) is -2.43. The number of aliphatic hydroxyl groups is 5. The van der Waals surface area contributed by atoms with Crippen molar-refractivity contribution in [3.05, 3.63) is 10.4 Å². The van der Waals surface area contributed by atoms with Crippen LogP contribution in [0.1, 0.15) is 6.92 Å². The van der Waals surface area contributed by atoms with Gasteiger partial charge in [-0.1, -0.05) is 5.11 Å². The molecule has 1 aliphatic rings. The monoisotopic (exact) mass is 235 g/mol. The molecule has 0 saturated carbocycles. The Morgan fingerprint density at radius 2 is 2.00 bits per heavy atom. The average Bonchev–Trinajstić information content (AvgIpc) is 2.22. The van der Waals surface area contributed by atoms with Gasteiger partial charge in [-0.3, -0.25) is 0 Å². The van der Waals surface area contributed by atoms with Crippen LogP contribution in [0.3, 0.4) is 0 Å². The molecular weight excluding hydrogens is 222 g/mol. The lowest BCUT2D eigenvalue weighted by Gasteiger charge is -2.49. The van der Waals surface area contributed by atoms with Gasteiger partial charge in [-0.15, -0.1) is 0 Å². The summed E-state index contributed by atoms with van der Waals surface area (Å²) < 4.78 is 4.75. The van der Waals surface area contributed by atoms with E-state index in [2.05, 4.69) is 10.0 Å². The maximum Gasteiger partial charge on any atom is 0.226 e. The van der Waals surface area contributed by atoms with Crippen LogP contribution in [-0.2, 0) is 4.74 Å². The highest BCUT2D eigenvalue weighted by atomic mass is 16.7. The number of rotatable bonds is 2. The zero-order chi connectivity index (χ0) is 12.6. The number of ether oxygens (including phenoxy) is 1. The van der Waals surface area contributed by atoms with E-state index in [4.69, 9.17) is 15.4 Å². The Kier molecular flexibility index (Phi) is 3.41. The lowest BCUT2D eigenvalue weighted by atomic mass is 9.88. The SMILES string of the molecule is CC1(O)O[C@H](CO)[C@@H](O)[C@H](O)[C@]1(O)N=[N+]=[N-]. The minimum absolute atomic E-state index is 0.680. The smallest absolute Gasteiger partial charge is 0.226 e. The second-order valence-corrected chi connectivity index (χ2v) is 3.67. The first-order valence-electron chi connectivity index (χ1n) is 4.46. The van der Waals surface area contributed by atoms with Crippen molar-refractivity contribution in [3.8, 4) is 0 Å². The molecule has 0 bridgehead atoms. The minimum Gasteiger partial charge on any atom is -0.394 e. The summed E-state index contributed by atoms with van der Waals surface area (Å²) in [6.07, 6.45) is -4.97. The van der Waals surface area contributed by atoms with Gasteiger partial charge >= 0.3 is 0 Å². The molecule has 5 atom stereocenters. The Morgan fingerprint density at radius 1 is 1.44 bits per heavy atom. The first-order valence-corrected chi connectivity index (χ1v) is 4.46. The Bertz CT molecular complexity index is 317. The van der Waals surface area contributed by atoms with Crippen molar-refractivity contribution >= 4 is 0 Å². The van der Waals surface area contributed by atoms with E-state index in [0.717, 1.165) is 6.92 Å². The van der Waals surface area contributed by atoms with Crippen LogP contribution >= 0.6 is 0 Å². The molecule has 16 heavy (non-hydrogen) atoms. The van der Waals surface area contributed by atoms with Gasteiger partial charge in [0.25, 0.3) is 0 Å². The molecule has 1 rings (SSSR count). The van der Waals surface area contributed by atoms with Crippen molar-refractivity contribution in [2.45, 2.75) is 36.7 Å². The van der Waals surface area contributed by atoms with E-state index in [0.29, 0.717) is 0 Å². The van der Waals surface area contributed by atoms with E-state index in [9.17, 15) is 20.4 Å². The molecule has 9 heteroatoms. The standard InChI is InChI=1S/C7H13N3O6/c1-6(14)7(15,9-10-8)5(13)4(12)3(2-11)16-6/h3-5,11-15H,2H2,1H3/t3-,4-,5+,6?,7-/m1/s1. The van der Waals surface area contributed by atoms with Crippen molar-refractivity contribution in [1.29, 1.82) is 0 Å². The molecule has 92 valence electrons. The summed E-state index contributed by atoms with van der Waals surface area (Å²) in [7, 11) is 0. The van der Waals surface area contributed by atoms with Crippen LogP contribution in [0.25, 0.3) is 10.4 Å². The molecule has 1 fully saturated rings. The molecule has 0 radical (unpaired) electrons. The lowest BCUT2D eigenvalue weighted by molar-refractivity contribution is -0.379. The lowest BCUT2D eigenvalue weighted by Crippen LogP contribution is -2.71. The molecule has 0 aromatic rings. The zero-order valence-electron chi connectivity index (χ0n) is 8.43. The van der Waals surface area contributed by atoms with Crippen molar-refractivity contribution < 1.29 is 30.3 Å². The summed E-state index contributed by atoms with van der Waals surface area (Å²) in [5.41, 5.74) is 5.50. The number of aliphatic hydroxyl groups excluding tert-OH is 3. The third kappa shape index (κ3) is 1.74. The average molecular weight is 235 g/mol. The van der Waals surface area contributed by atoms with Crippen molar-refractivity contribution in [2.24, 2.45) is 5.11 Å². The van der Waals surface area contributed by atoms with E-state index in [1.807, 2.05) is 0 Å². The van der Waals surface area contributed by atoms with Crippen LogP contribution in [0.15, 0.2) is 5.11 Å². The summed E-state index contributed by atoms with van der Waals surface area (Å²) in [6.45, 7) is 0.264. The van der Waals surface area contributed by atoms with Crippen LogP contribution in [0.4, 0.5) is 0 Å². The van der Waals surface area contributed by atoms with Crippen LogP contribution in [-0.4, -0.2) is 62.0 Å². The van der Waals surface area contributed by atoms with E-state index >= 15 is 0 Å². The van der Waals surface area contributed by atoms with E-state index in [-0.39, 0.29) is 0 Å². The van der Waals surface area contributed by atoms with Gasteiger partial charge in [-0.2, -0.15) is 0 Å². The number of nitrogens with zero attached hydrogens (tertiary/aromatic N) is 3.